The summed E-state index contributed by atoms with van der Waals surface area (Å²) in [5.41, 5.74) is 4.48. The lowest BCUT2D eigenvalue weighted by Crippen LogP contribution is -2.54. The van der Waals surface area contributed by atoms with Crippen LogP contribution in [-0.4, -0.2) is 102 Å². The molecule has 8 rings (SSSR count). The number of imide groups is 2. The molecule has 4 N–H and O–H groups in total. The van der Waals surface area contributed by atoms with E-state index in [1.165, 1.54) is 43.0 Å². The quantitative estimate of drug-likeness (QED) is 0.0439. The van der Waals surface area contributed by atoms with Gasteiger partial charge in [0.05, 0.1) is 35.3 Å². The van der Waals surface area contributed by atoms with Gasteiger partial charge in [-0.3, -0.25) is 48.2 Å². The van der Waals surface area contributed by atoms with E-state index in [1.54, 1.807) is 22.9 Å². The first kappa shape index (κ1) is 48.9. The van der Waals surface area contributed by atoms with Crippen molar-refractivity contribution in [2.75, 3.05) is 31.5 Å². The third kappa shape index (κ3) is 11.5. The highest BCUT2D eigenvalue weighted by Gasteiger charge is 2.45. The number of fused-ring (bicyclic) bond motifs is 2. The molecule has 0 spiro atoms. The Morgan fingerprint density at radius 3 is 2.20 bits per heavy atom. The summed E-state index contributed by atoms with van der Waals surface area (Å²) in [4.78, 5) is 84.7. The van der Waals surface area contributed by atoms with E-state index in [0.717, 1.165) is 66.1 Å². The average molecular weight is 940 g/mol. The molecule has 69 heavy (non-hydrogen) atoms. The van der Waals surface area contributed by atoms with Gasteiger partial charge in [0.15, 0.2) is 5.52 Å². The second kappa shape index (κ2) is 22.3. The van der Waals surface area contributed by atoms with Crippen molar-refractivity contribution in [2.24, 2.45) is 7.05 Å². The van der Waals surface area contributed by atoms with E-state index in [1.807, 2.05) is 54.4 Å². The first-order valence-corrected chi connectivity index (χ1v) is 24.8. The van der Waals surface area contributed by atoms with E-state index in [0.29, 0.717) is 55.7 Å². The fourth-order valence-electron chi connectivity index (χ4n) is 9.98. The third-order valence-electron chi connectivity index (χ3n) is 14.0. The number of rotatable bonds is 22. The molecule has 5 amide bonds. The molecule has 2 saturated heterocycles. The van der Waals surface area contributed by atoms with Crippen LogP contribution in [0.2, 0.25) is 0 Å². The zero-order valence-corrected chi connectivity index (χ0v) is 39.9. The summed E-state index contributed by atoms with van der Waals surface area (Å²) < 4.78 is 3.14. The van der Waals surface area contributed by atoms with Crippen LogP contribution in [0.15, 0.2) is 83.9 Å². The van der Waals surface area contributed by atoms with Gasteiger partial charge in [0.2, 0.25) is 17.7 Å². The largest absolute Gasteiger partial charge is 0.388 e. The first-order chi connectivity index (χ1) is 33.4. The number of anilines is 1. The third-order valence-corrected chi connectivity index (χ3v) is 14.0. The number of aryl methyl sites for hydroxylation is 1. The van der Waals surface area contributed by atoms with E-state index in [-0.39, 0.29) is 47.9 Å². The lowest BCUT2D eigenvalue weighted by molar-refractivity contribution is -0.137. The molecule has 5 aromatic rings. The predicted octanol–water partition coefficient (Wildman–Crippen LogP) is 6.46. The Hall–Kier alpha value is -6.52. The number of carbonyl (C=O) groups is 5. The summed E-state index contributed by atoms with van der Waals surface area (Å²) in [5.74, 6) is -1.82. The lowest BCUT2D eigenvalue weighted by Gasteiger charge is -2.38. The van der Waals surface area contributed by atoms with E-state index in [2.05, 4.69) is 45.1 Å². The summed E-state index contributed by atoms with van der Waals surface area (Å²) >= 11 is 0. The standard InChI is InChI=1S/C53H65N9O7/c1-36(38-16-11-10-12-17-38)32-44(64)60-30-26-53(69,27-31-60)34-61-35-56-46-47(52(61)68)58-59(2)48(46)39-22-20-37(21-23-39)33-54-28-13-8-6-4-3-5-7-9-14-29-55-41-19-15-18-40-45(41)51(67)62(50(40)66)42-24-25-43(63)57-49(42)65/h10-12,15-23,35-36,42,54-55,69H,3-9,13-14,24-34H2,1-2H3,(H,57,63,65). The van der Waals surface area contributed by atoms with Crippen LogP contribution in [0.25, 0.3) is 22.3 Å². The van der Waals surface area contributed by atoms with Gasteiger partial charge in [0.25, 0.3) is 17.4 Å². The molecular weight excluding hydrogens is 875 g/mol. The second-order valence-corrected chi connectivity index (χ2v) is 19.1. The van der Waals surface area contributed by atoms with Crippen LogP contribution in [-0.2, 0) is 34.5 Å². The molecule has 16 nitrogen and oxygen atoms in total. The highest BCUT2D eigenvalue weighted by Crippen LogP contribution is 2.33. The van der Waals surface area contributed by atoms with Crippen molar-refractivity contribution in [1.82, 2.24) is 39.8 Å². The summed E-state index contributed by atoms with van der Waals surface area (Å²) in [5, 5.41) is 25.2. The zero-order chi connectivity index (χ0) is 48.5. The maximum atomic E-state index is 13.7. The molecular formula is C53H65N9O7. The number of hydrogen-bond acceptors (Lipinski definition) is 11. The molecule has 2 atom stereocenters. The molecule has 3 aliphatic heterocycles. The first-order valence-electron chi connectivity index (χ1n) is 24.8. The van der Waals surface area contributed by atoms with Gasteiger partial charge in [-0.2, -0.15) is 5.10 Å². The minimum Gasteiger partial charge on any atom is -0.388 e. The molecule has 2 aromatic heterocycles. The zero-order valence-electron chi connectivity index (χ0n) is 39.9. The smallest absolute Gasteiger partial charge is 0.281 e. The van der Waals surface area contributed by atoms with Crippen molar-refractivity contribution in [2.45, 2.75) is 127 Å². The Balaban J connectivity index is 0.691. The maximum absolute atomic E-state index is 13.7. The molecule has 0 radical (unpaired) electrons. The Bertz CT molecular complexity index is 2710. The van der Waals surface area contributed by atoms with Crippen LogP contribution in [0.1, 0.15) is 135 Å². The molecule has 5 heterocycles. The number of nitrogens with zero attached hydrogens (tertiary/aromatic N) is 6. The molecule has 3 aliphatic rings. The van der Waals surface area contributed by atoms with Crippen LogP contribution in [0.4, 0.5) is 5.69 Å². The molecule has 2 unspecified atom stereocenters. The number of hydrogen-bond donors (Lipinski definition) is 4. The van der Waals surface area contributed by atoms with Gasteiger partial charge in [-0.1, -0.05) is 113 Å². The van der Waals surface area contributed by atoms with E-state index < -0.39 is 35.3 Å². The van der Waals surface area contributed by atoms with E-state index in [9.17, 15) is 33.9 Å². The molecule has 2 fully saturated rings. The summed E-state index contributed by atoms with van der Waals surface area (Å²) in [6.45, 7) is 5.38. The maximum Gasteiger partial charge on any atom is 0.281 e. The lowest BCUT2D eigenvalue weighted by atomic mass is 9.90. The second-order valence-electron chi connectivity index (χ2n) is 19.1. The van der Waals surface area contributed by atoms with Crippen LogP contribution >= 0.6 is 0 Å². The van der Waals surface area contributed by atoms with Crippen molar-refractivity contribution in [1.29, 1.82) is 0 Å². The van der Waals surface area contributed by atoms with Crippen LogP contribution in [0.3, 0.4) is 0 Å². The molecule has 0 bridgehead atoms. The van der Waals surface area contributed by atoms with Crippen molar-refractivity contribution in [3.05, 3.63) is 112 Å². The van der Waals surface area contributed by atoms with Crippen LogP contribution < -0.4 is 21.5 Å². The number of benzene rings is 3. The highest BCUT2D eigenvalue weighted by atomic mass is 16.3. The van der Waals surface area contributed by atoms with Gasteiger partial charge in [0, 0.05) is 57.3 Å². The van der Waals surface area contributed by atoms with Gasteiger partial charge in [-0.15, -0.1) is 0 Å². The van der Waals surface area contributed by atoms with Gasteiger partial charge in [-0.05, 0) is 67.8 Å². The van der Waals surface area contributed by atoms with Gasteiger partial charge < -0.3 is 20.6 Å². The van der Waals surface area contributed by atoms with Gasteiger partial charge in [0.1, 0.15) is 11.6 Å². The highest BCUT2D eigenvalue weighted by molar-refractivity contribution is 6.25. The van der Waals surface area contributed by atoms with Crippen molar-refractivity contribution < 1.29 is 29.1 Å². The fraction of sp³-hybridized carbons (Fsp3) is 0.472. The van der Waals surface area contributed by atoms with Gasteiger partial charge in [-0.25, -0.2) is 4.98 Å². The number of likely N-dealkylation sites (tertiary alicyclic amines) is 1. The van der Waals surface area contributed by atoms with Crippen molar-refractivity contribution in [3.8, 4) is 11.3 Å². The van der Waals surface area contributed by atoms with E-state index in [4.69, 9.17) is 0 Å². The average Bonchev–Trinajstić information content (AvgIpc) is 3.82. The Labute approximate surface area is 402 Å². The van der Waals surface area contributed by atoms with Crippen molar-refractivity contribution in [3.63, 3.8) is 0 Å². The SMILES string of the molecule is CC(CC(=O)N1CCC(O)(Cn2cnc3c(-c4ccc(CNCCCCCCCCCCCNc5cccc6c5C(=O)N(C5CCC(=O)NC5=O)C6=O)cc4)n(C)nc3c2=O)CC1)c1ccccc1. The molecule has 364 valence electrons. The monoisotopic (exact) mass is 940 g/mol. The number of piperidine rings is 2. The van der Waals surface area contributed by atoms with E-state index >= 15 is 0 Å². The Kier molecular flexibility index (Phi) is 15.8. The summed E-state index contributed by atoms with van der Waals surface area (Å²) in [6, 6.07) is 22.4. The Morgan fingerprint density at radius 2 is 1.51 bits per heavy atom. The van der Waals surface area contributed by atoms with Crippen LogP contribution in [0.5, 0.6) is 0 Å². The van der Waals surface area contributed by atoms with Crippen LogP contribution in [0, 0.1) is 0 Å². The summed E-state index contributed by atoms with van der Waals surface area (Å²) in [7, 11) is 1.81. The number of aromatic nitrogens is 4. The van der Waals surface area contributed by atoms with Crippen molar-refractivity contribution >= 4 is 46.3 Å². The normalized spacial score (nSPS) is 17.3. The Morgan fingerprint density at radius 1 is 0.826 bits per heavy atom. The number of unbranched alkanes of at least 4 members (excludes halogenated alkanes) is 8. The number of amides is 5. The minimum absolute atomic E-state index is 0.0764. The molecule has 0 saturated carbocycles. The number of aliphatic hydroxyl groups is 1. The molecule has 0 aliphatic carbocycles. The van der Waals surface area contributed by atoms with Gasteiger partial charge >= 0.3 is 0 Å². The topological polar surface area (TPSA) is 201 Å². The predicted molar refractivity (Wildman–Crippen MR) is 263 cm³/mol. The number of carbonyl (C=O) groups excluding carboxylic acids is 5. The number of nitrogens with one attached hydrogen (secondary N) is 3. The summed E-state index contributed by atoms with van der Waals surface area (Å²) in [6.07, 6.45) is 13.1. The minimum atomic E-state index is -1.13. The molecule has 3 aromatic carbocycles. The molecule has 16 heteroatoms. The fourth-order valence-corrected chi connectivity index (χ4v) is 9.98.